The summed E-state index contributed by atoms with van der Waals surface area (Å²) in [5.74, 6) is -0.528. The molecule has 0 bridgehead atoms. The van der Waals surface area contributed by atoms with E-state index in [2.05, 4.69) is 9.98 Å². The molecule has 148 valence electrons. The first-order chi connectivity index (χ1) is 13.4. The Morgan fingerprint density at radius 2 is 1.93 bits per heavy atom. The molecule has 1 aromatic carbocycles. The molecule has 0 saturated carbocycles. The predicted molar refractivity (Wildman–Crippen MR) is 98.2 cm³/mol. The van der Waals surface area contributed by atoms with E-state index in [-0.39, 0.29) is 5.69 Å². The topological polar surface area (TPSA) is 161 Å². The van der Waals surface area contributed by atoms with Crippen LogP contribution >= 0.6 is 0 Å². The van der Waals surface area contributed by atoms with Gasteiger partial charge < -0.3 is 35.3 Å². The fourth-order valence-electron chi connectivity index (χ4n) is 3.40. The summed E-state index contributed by atoms with van der Waals surface area (Å²) in [7, 11) is 0. The van der Waals surface area contributed by atoms with Gasteiger partial charge in [-0.25, -0.2) is 9.36 Å². The molecule has 1 aromatic heterocycles. The Balaban J connectivity index is 1.72. The molecule has 2 aliphatic heterocycles. The molecule has 0 aliphatic carbocycles. The number of ether oxygens (including phenoxy) is 1. The smallest absolute Gasteiger partial charge is 0.331 e. The lowest BCUT2D eigenvalue weighted by atomic mass is 9.98. The molecule has 2 aromatic rings. The van der Waals surface area contributed by atoms with Crippen molar-refractivity contribution in [2.75, 3.05) is 6.61 Å². The normalized spacial score (nSPS) is 30.7. The minimum Gasteiger partial charge on any atom is -0.493 e. The van der Waals surface area contributed by atoms with E-state index < -0.39 is 48.8 Å². The number of nitrogens with zero attached hydrogens (tertiary/aromatic N) is 2. The lowest BCUT2D eigenvalue weighted by molar-refractivity contribution is -0.252. The van der Waals surface area contributed by atoms with Crippen LogP contribution in [0.3, 0.4) is 0 Å². The molecule has 0 radical (unpaired) electrons. The lowest BCUT2D eigenvalue weighted by Crippen LogP contribution is -2.57. The summed E-state index contributed by atoms with van der Waals surface area (Å²) < 4.78 is 6.07. The van der Waals surface area contributed by atoms with Crippen LogP contribution in [0.4, 0.5) is 5.69 Å². The van der Waals surface area contributed by atoms with E-state index in [1.54, 1.807) is 6.21 Å². The van der Waals surface area contributed by atoms with Crippen LogP contribution in [0, 0.1) is 0 Å². The van der Waals surface area contributed by atoms with Crippen LogP contribution in [-0.4, -0.2) is 72.3 Å². The summed E-state index contributed by atoms with van der Waals surface area (Å²) in [5.41, 5.74) is 1.50. The molecule has 2 aliphatic rings. The van der Waals surface area contributed by atoms with Crippen LogP contribution in [-0.2, 0) is 4.74 Å². The van der Waals surface area contributed by atoms with E-state index in [9.17, 15) is 30.3 Å². The molecule has 3 heterocycles. The highest BCUT2D eigenvalue weighted by Gasteiger charge is 2.45. The molecule has 0 spiro atoms. The minimum absolute atomic E-state index is 0.0557. The number of H-pyrrole nitrogens is 1. The van der Waals surface area contributed by atoms with Crippen LogP contribution in [0.15, 0.2) is 34.1 Å². The number of rotatable bonds is 3. The van der Waals surface area contributed by atoms with Crippen LogP contribution in [0.25, 0.3) is 11.6 Å². The van der Waals surface area contributed by atoms with Crippen LogP contribution in [0.1, 0.15) is 17.5 Å². The second-order valence-corrected chi connectivity index (χ2v) is 6.63. The van der Waals surface area contributed by atoms with Gasteiger partial charge in [0.1, 0.15) is 30.1 Å². The molecule has 28 heavy (non-hydrogen) atoms. The zero-order chi connectivity index (χ0) is 20.0. The molecule has 0 amide bonds. The average molecular weight is 389 g/mol. The fraction of sp³-hybridized carbons (Fsp3) is 0.333. The number of imidazole rings is 1. The zero-order valence-corrected chi connectivity index (χ0v) is 14.5. The molecule has 5 atom stereocenters. The van der Waals surface area contributed by atoms with Crippen molar-refractivity contribution in [3.05, 3.63) is 46.0 Å². The Kier molecular flexibility index (Phi) is 4.65. The molecule has 10 heteroatoms. The first-order valence-electron chi connectivity index (χ1n) is 8.61. The van der Waals surface area contributed by atoms with Crippen LogP contribution < -0.4 is 5.69 Å². The Bertz CT molecular complexity index is 1010. The number of allylic oxidation sites excluding steroid dienone is 1. The zero-order valence-electron chi connectivity index (χ0n) is 14.5. The Morgan fingerprint density at radius 3 is 2.68 bits per heavy atom. The van der Waals surface area contributed by atoms with Crippen molar-refractivity contribution < 1.29 is 30.3 Å². The van der Waals surface area contributed by atoms with E-state index in [1.807, 2.05) is 24.3 Å². The molecular formula is C18H19N3O7. The van der Waals surface area contributed by atoms with E-state index in [4.69, 9.17) is 4.74 Å². The van der Waals surface area contributed by atoms with Gasteiger partial charge in [0.05, 0.1) is 12.3 Å². The third-order valence-electron chi connectivity index (χ3n) is 4.91. The number of aromatic hydroxyl groups is 1. The average Bonchev–Trinajstić information content (AvgIpc) is 3.22. The van der Waals surface area contributed by atoms with E-state index in [0.29, 0.717) is 5.57 Å². The maximum Gasteiger partial charge on any atom is 0.331 e. The van der Waals surface area contributed by atoms with Crippen molar-refractivity contribution in [3.8, 4) is 5.88 Å². The van der Waals surface area contributed by atoms with Gasteiger partial charge in [-0.2, -0.15) is 0 Å². The fourth-order valence-corrected chi connectivity index (χ4v) is 3.40. The molecular weight excluding hydrogens is 370 g/mol. The molecule has 10 nitrogen and oxygen atoms in total. The molecule has 0 unspecified atom stereocenters. The van der Waals surface area contributed by atoms with Gasteiger partial charge in [0.2, 0.25) is 5.88 Å². The first kappa shape index (κ1) is 18.6. The number of aromatic nitrogens is 2. The Labute approximate surface area is 158 Å². The molecule has 6 N–H and O–H groups in total. The third kappa shape index (κ3) is 2.87. The Hall–Kier alpha value is -2.76. The summed E-state index contributed by atoms with van der Waals surface area (Å²) in [4.78, 5) is 19.1. The standard InChI is InChI=1S/C18H19N3O7/c22-7-12-13(23)14(24)15(25)17(28-12)21-16(26)11(20-18(21)27)5-8-6-19-10-4-2-1-3-9(8)10/h1-6,12-15,17,22-26H,7H2,(H,20,27)/b8-5+/t12-,13-,14+,15-,17-/m1/s1. The van der Waals surface area contributed by atoms with Gasteiger partial charge in [-0.05, 0) is 12.1 Å². The van der Waals surface area contributed by atoms with Gasteiger partial charge in [-0.1, -0.05) is 18.2 Å². The van der Waals surface area contributed by atoms with Crippen molar-refractivity contribution in [2.45, 2.75) is 30.6 Å². The summed E-state index contributed by atoms with van der Waals surface area (Å²) in [6, 6.07) is 7.35. The quantitative estimate of drug-likeness (QED) is 0.397. The predicted octanol–water partition coefficient (Wildman–Crippen LogP) is -0.889. The maximum absolute atomic E-state index is 12.4. The number of para-hydroxylation sites is 1. The second-order valence-electron chi connectivity index (χ2n) is 6.63. The number of benzene rings is 1. The largest absolute Gasteiger partial charge is 0.493 e. The van der Waals surface area contributed by atoms with Crippen LogP contribution in [0.5, 0.6) is 5.88 Å². The van der Waals surface area contributed by atoms with Gasteiger partial charge >= 0.3 is 5.69 Å². The Morgan fingerprint density at radius 1 is 1.18 bits per heavy atom. The summed E-state index contributed by atoms with van der Waals surface area (Å²) in [5, 5.41) is 49.9. The van der Waals surface area contributed by atoms with Crippen molar-refractivity contribution in [3.63, 3.8) is 0 Å². The van der Waals surface area contributed by atoms with Gasteiger partial charge in [0.15, 0.2) is 6.23 Å². The number of hydrogen-bond acceptors (Lipinski definition) is 8. The van der Waals surface area contributed by atoms with Crippen molar-refractivity contribution in [1.82, 2.24) is 9.55 Å². The number of aliphatic imine (C=N–C) groups is 1. The van der Waals surface area contributed by atoms with Crippen LogP contribution in [0.2, 0.25) is 0 Å². The van der Waals surface area contributed by atoms with E-state index in [1.165, 1.54) is 6.08 Å². The molecule has 1 saturated heterocycles. The maximum atomic E-state index is 12.4. The van der Waals surface area contributed by atoms with Gasteiger partial charge in [0, 0.05) is 17.4 Å². The number of aliphatic hydroxyl groups is 4. The number of aliphatic hydroxyl groups excluding tert-OH is 4. The van der Waals surface area contributed by atoms with Crippen molar-refractivity contribution in [1.29, 1.82) is 0 Å². The lowest BCUT2D eigenvalue weighted by Gasteiger charge is -2.40. The van der Waals surface area contributed by atoms with E-state index in [0.717, 1.165) is 15.8 Å². The van der Waals surface area contributed by atoms with E-state index >= 15 is 0 Å². The highest BCUT2D eigenvalue weighted by molar-refractivity contribution is 6.21. The SMILES string of the molecule is O=c1[nH]c(/C=C2\C=Nc3ccccc32)c(O)n1[C@@H]1O[C@H](CO)[C@@H](O)[C@H](O)[C@H]1O. The number of hydrogen-bond donors (Lipinski definition) is 6. The highest BCUT2D eigenvalue weighted by atomic mass is 16.6. The second kappa shape index (κ2) is 7.00. The number of aromatic amines is 1. The first-order valence-corrected chi connectivity index (χ1v) is 8.61. The van der Waals surface area contributed by atoms with Crippen molar-refractivity contribution in [2.24, 2.45) is 4.99 Å². The summed E-state index contributed by atoms with van der Waals surface area (Å²) in [6.07, 6.45) is -4.54. The van der Waals surface area contributed by atoms with Gasteiger partial charge in [0.25, 0.3) is 0 Å². The molecule has 4 rings (SSSR count). The van der Waals surface area contributed by atoms with Gasteiger partial charge in [-0.3, -0.25) is 4.99 Å². The monoisotopic (exact) mass is 389 g/mol. The highest BCUT2D eigenvalue weighted by Crippen LogP contribution is 2.35. The number of nitrogens with one attached hydrogen (secondary N) is 1. The van der Waals surface area contributed by atoms with Gasteiger partial charge in [-0.15, -0.1) is 0 Å². The molecule has 1 fully saturated rings. The number of fused-ring (bicyclic) bond motifs is 1. The third-order valence-corrected chi connectivity index (χ3v) is 4.91. The summed E-state index contributed by atoms with van der Waals surface area (Å²) >= 11 is 0. The minimum atomic E-state index is -1.70. The summed E-state index contributed by atoms with van der Waals surface area (Å²) in [6.45, 7) is -0.647. The van der Waals surface area contributed by atoms with Crippen molar-refractivity contribution >= 4 is 23.6 Å².